The highest BCUT2D eigenvalue weighted by Crippen LogP contribution is 2.27. The Labute approximate surface area is 157 Å². The first-order chi connectivity index (χ1) is 12.0. The largest absolute Gasteiger partial charge is 0.480 e. The molecule has 7 heteroatoms. The molecule has 25 heavy (non-hydrogen) atoms. The van der Waals surface area contributed by atoms with Crippen molar-refractivity contribution in [3.8, 4) is 5.75 Å². The molecular weight excluding hydrogens is 367 g/mol. The van der Waals surface area contributed by atoms with Crippen LogP contribution in [0.1, 0.15) is 19.8 Å². The Kier molecular flexibility index (Phi) is 10.4. The minimum Gasteiger partial charge on any atom is -0.480 e. The molecule has 136 valence electrons. The van der Waals surface area contributed by atoms with Gasteiger partial charge in [-0.25, -0.2) is 9.59 Å². The van der Waals surface area contributed by atoms with Crippen LogP contribution in [0.2, 0.25) is 10.0 Å². The fourth-order valence-electron chi connectivity index (χ4n) is 1.66. The van der Waals surface area contributed by atoms with Crippen molar-refractivity contribution in [2.75, 3.05) is 19.8 Å². The molecule has 0 fully saturated rings. The molecule has 0 atom stereocenters. The third kappa shape index (κ3) is 9.79. The summed E-state index contributed by atoms with van der Waals surface area (Å²) in [7, 11) is 0. The molecule has 0 aliphatic carbocycles. The van der Waals surface area contributed by atoms with E-state index in [9.17, 15) is 9.59 Å². The zero-order chi connectivity index (χ0) is 18.5. The van der Waals surface area contributed by atoms with Crippen molar-refractivity contribution in [3.05, 3.63) is 52.5 Å². The second-order valence-electron chi connectivity index (χ2n) is 4.77. The molecule has 0 unspecified atom stereocenters. The molecule has 0 aliphatic heterocycles. The average molecular weight is 387 g/mol. The number of ether oxygens (including phenoxy) is 3. The monoisotopic (exact) mass is 386 g/mol. The van der Waals surface area contributed by atoms with E-state index in [1.807, 2.05) is 6.08 Å². The quantitative estimate of drug-likeness (QED) is 0.258. The van der Waals surface area contributed by atoms with Gasteiger partial charge in [0.05, 0.1) is 18.2 Å². The standard InChI is InChI=1S/C18H20Cl2O5/c1-2-23-17(21)8-6-4-3-5-7-11-24-18(22)13-25-16-10-9-14(19)12-15(16)20/h3-4,6,8-10,12H,2,5,7,11,13H2,1H3. The summed E-state index contributed by atoms with van der Waals surface area (Å²) >= 11 is 11.7. The molecule has 1 aromatic rings. The minimum atomic E-state index is -0.475. The first-order valence-corrected chi connectivity index (χ1v) is 8.52. The molecule has 0 radical (unpaired) electrons. The number of carbonyl (C=O) groups is 2. The minimum absolute atomic E-state index is 0.223. The summed E-state index contributed by atoms with van der Waals surface area (Å²) in [5, 5.41) is 0.825. The molecule has 0 aliphatic rings. The lowest BCUT2D eigenvalue weighted by molar-refractivity contribution is -0.146. The van der Waals surface area contributed by atoms with Crippen LogP contribution in [-0.4, -0.2) is 31.8 Å². The summed E-state index contributed by atoms with van der Waals surface area (Å²) in [6, 6.07) is 4.75. The van der Waals surface area contributed by atoms with Crippen molar-refractivity contribution in [2.45, 2.75) is 19.8 Å². The molecule has 0 spiro atoms. The Morgan fingerprint density at radius 1 is 1.16 bits per heavy atom. The lowest BCUT2D eigenvalue weighted by Gasteiger charge is -2.08. The highest BCUT2D eigenvalue weighted by Gasteiger charge is 2.07. The van der Waals surface area contributed by atoms with E-state index in [-0.39, 0.29) is 19.2 Å². The Hall–Kier alpha value is -1.98. The predicted molar refractivity (Wildman–Crippen MR) is 97.1 cm³/mol. The molecule has 1 rings (SSSR count). The summed E-state index contributed by atoms with van der Waals surface area (Å²) < 4.78 is 15.1. The van der Waals surface area contributed by atoms with Gasteiger partial charge in [0.15, 0.2) is 6.61 Å². The smallest absolute Gasteiger partial charge is 0.344 e. The number of esters is 2. The van der Waals surface area contributed by atoms with Crippen molar-refractivity contribution in [3.63, 3.8) is 0 Å². The first-order valence-electron chi connectivity index (χ1n) is 7.76. The van der Waals surface area contributed by atoms with Crippen molar-refractivity contribution >= 4 is 35.1 Å². The third-order valence-electron chi connectivity index (χ3n) is 2.78. The molecule has 0 amide bonds. The number of unbranched alkanes of at least 4 members (excludes halogenated alkanes) is 1. The SMILES string of the molecule is CCOC(=O)C=CC=CCCCOC(=O)COc1ccc(Cl)cc1Cl. The lowest BCUT2D eigenvalue weighted by Crippen LogP contribution is -2.15. The summed E-state index contributed by atoms with van der Waals surface area (Å²) in [4.78, 5) is 22.6. The summed E-state index contributed by atoms with van der Waals surface area (Å²) in [5.74, 6) is -0.474. The number of allylic oxidation sites excluding steroid dienone is 3. The normalized spacial score (nSPS) is 11.0. The van der Waals surface area contributed by atoms with Gasteiger partial charge in [-0.15, -0.1) is 0 Å². The number of rotatable bonds is 10. The molecule has 0 bridgehead atoms. The molecule has 0 saturated carbocycles. The number of hydrogen-bond donors (Lipinski definition) is 0. The average Bonchev–Trinajstić information content (AvgIpc) is 2.56. The molecule has 0 N–H and O–H groups in total. The van der Waals surface area contributed by atoms with Crippen LogP contribution in [-0.2, 0) is 19.1 Å². The summed E-state index contributed by atoms with van der Waals surface area (Å²) in [6.45, 7) is 2.16. The fraction of sp³-hybridized carbons (Fsp3) is 0.333. The van der Waals surface area contributed by atoms with Gasteiger partial charge in [-0.3, -0.25) is 0 Å². The number of halogens is 2. The number of benzene rings is 1. The second kappa shape index (κ2) is 12.4. The van der Waals surface area contributed by atoms with E-state index in [1.165, 1.54) is 12.1 Å². The number of hydrogen-bond acceptors (Lipinski definition) is 5. The van der Waals surface area contributed by atoms with Gasteiger partial charge in [0.25, 0.3) is 0 Å². The van der Waals surface area contributed by atoms with Crippen LogP contribution in [0.15, 0.2) is 42.5 Å². The van der Waals surface area contributed by atoms with Crippen LogP contribution in [0.3, 0.4) is 0 Å². The Bertz CT molecular complexity index is 626. The van der Waals surface area contributed by atoms with Crippen molar-refractivity contribution in [1.82, 2.24) is 0 Å². The van der Waals surface area contributed by atoms with Crippen molar-refractivity contribution in [2.24, 2.45) is 0 Å². The van der Waals surface area contributed by atoms with E-state index in [1.54, 1.807) is 31.2 Å². The maximum atomic E-state index is 11.6. The zero-order valence-corrected chi connectivity index (χ0v) is 15.4. The van der Waals surface area contributed by atoms with Crippen LogP contribution in [0.25, 0.3) is 0 Å². The van der Waals surface area contributed by atoms with Gasteiger partial charge in [-0.1, -0.05) is 41.4 Å². The third-order valence-corrected chi connectivity index (χ3v) is 3.31. The van der Waals surface area contributed by atoms with E-state index in [4.69, 9.17) is 37.4 Å². The second-order valence-corrected chi connectivity index (χ2v) is 5.61. The highest BCUT2D eigenvalue weighted by atomic mass is 35.5. The van der Waals surface area contributed by atoms with Crippen LogP contribution in [0, 0.1) is 0 Å². The van der Waals surface area contributed by atoms with Crippen LogP contribution in [0.5, 0.6) is 5.75 Å². The van der Waals surface area contributed by atoms with E-state index in [0.717, 1.165) is 0 Å². The fourth-order valence-corrected chi connectivity index (χ4v) is 2.12. The molecular formula is C18H20Cl2O5. The van der Waals surface area contributed by atoms with E-state index in [2.05, 4.69) is 0 Å². The van der Waals surface area contributed by atoms with Crippen molar-refractivity contribution in [1.29, 1.82) is 0 Å². The molecule has 1 aromatic carbocycles. The Balaban J connectivity index is 2.13. The maximum absolute atomic E-state index is 11.6. The maximum Gasteiger partial charge on any atom is 0.344 e. The molecule has 0 heterocycles. The van der Waals surface area contributed by atoms with Crippen LogP contribution in [0.4, 0.5) is 0 Å². The van der Waals surface area contributed by atoms with Crippen molar-refractivity contribution < 1.29 is 23.8 Å². The van der Waals surface area contributed by atoms with Gasteiger partial charge in [0.2, 0.25) is 0 Å². The topological polar surface area (TPSA) is 61.8 Å². The van der Waals surface area contributed by atoms with E-state index in [0.29, 0.717) is 35.2 Å². The van der Waals surface area contributed by atoms with Crippen LogP contribution < -0.4 is 4.74 Å². The van der Waals surface area contributed by atoms with E-state index < -0.39 is 5.97 Å². The Morgan fingerprint density at radius 2 is 1.96 bits per heavy atom. The summed E-state index contributed by atoms with van der Waals surface area (Å²) in [5.41, 5.74) is 0. The molecule has 0 saturated heterocycles. The van der Waals surface area contributed by atoms with Crippen LogP contribution >= 0.6 is 23.2 Å². The molecule has 0 aromatic heterocycles. The predicted octanol–water partition coefficient (Wildman–Crippen LogP) is 4.37. The van der Waals surface area contributed by atoms with Gasteiger partial charge in [-0.2, -0.15) is 0 Å². The first kappa shape index (κ1) is 21.1. The van der Waals surface area contributed by atoms with Gasteiger partial charge >= 0.3 is 11.9 Å². The lowest BCUT2D eigenvalue weighted by atomic mass is 10.3. The van der Waals surface area contributed by atoms with Gasteiger partial charge < -0.3 is 14.2 Å². The van der Waals surface area contributed by atoms with Gasteiger partial charge in [-0.05, 0) is 38.0 Å². The summed E-state index contributed by atoms with van der Waals surface area (Å²) in [6.07, 6.45) is 7.94. The van der Waals surface area contributed by atoms with Gasteiger partial charge in [0.1, 0.15) is 5.75 Å². The highest BCUT2D eigenvalue weighted by molar-refractivity contribution is 6.35. The number of carbonyl (C=O) groups excluding carboxylic acids is 2. The van der Waals surface area contributed by atoms with Gasteiger partial charge in [0, 0.05) is 11.1 Å². The van der Waals surface area contributed by atoms with E-state index >= 15 is 0 Å². The Morgan fingerprint density at radius 3 is 2.68 bits per heavy atom. The zero-order valence-electron chi connectivity index (χ0n) is 13.9. The molecule has 5 nitrogen and oxygen atoms in total.